The van der Waals surface area contributed by atoms with Gasteiger partial charge in [0.2, 0.25) is 0 Å². The van der Waals surface area contributed by atoms with Crippen LogP contribution in [0.4, 0.5) is 4.39 Å². The predicted molar refractivity (Wildman–Crippen MR) is 56.4 cm³/mol. The summed E-state index contributed by atoms with van der Waals surface area (Å²) in [5.41, 5.74) is 5.57. The molecule has 0 aliphatic heterocycles. The van der Waals surface area contributed by atoms with Crippen molar-refractivity contribution in [3.63, 3.8) is 0 Å². The molecular formula is C11H11ClFNO. The Morgan fingerprint density at radius 2 is 2.13 bits per heavy atom. The third kappa shape index (κ3) is 1.56. The fourth-order valence-electron chi connectivity index (χ4n) is 2.06. The summed E-state index contributed by atoms with van der Waals surface area (Å²) >= 11 is 5.69. The average molecular weight is 228 g/mol. The Bertz CT molecular complexity index is 411. The molecule has 15 heavy (non-hydrogen) atoms. The third-order valence-corrected chi connectivity index (χ3v) is 3.28. The third-order valence-electron chi connectivity index (χ3n) is 2.98. The molecule has 0 bridgehead atoms. The van der Waals surface area contributed by atoms with E-state index in [0.717, 1.165) is 0 Å². The molecule has 2 nitrogen and oxygen atoms in total. The van der Waals surface area contributed by atoms with Crippen molar-refractivity contribution in [3.8, 4) is 0 Å². The van der Waals surface area contributed by atoms with Crippen LogP contribution < -0.4 is 5.73 Å². The first kappa shape index (κ1) is 10.6. The Hall–Kier alpha value is -0.930. The molecule has 80 valence electrons. The van der Waals surface area contributed by atoms with Crippen molar-refractivity contribution < 1.29 is 9.18 Å². The van der Waals surface area contributed by atoms with Gasteiger partial charge in [-0.1, -0.05) is 23.7 Å². The van der Waals surface area contributed by atoms with E-state index in [1.54, 1.807) is 12.1 Å². The second-order valence-electron chi connectivity index (χ2n) is 3.98. The van der Waals surface area contributed by atoms with E-state index in [9.17, 15) is 9.18 Å². The molecular weight excluding hydrogens is 217 g/mol. The Kier molecular flexibility index (Phi) is 2.52. The maximum absolute atomic E-state index is 13.7. The summed E-state index contributed by atoms with van der Waals surface area (Å²) in [5, 5.41) is 0.0830. The number of hydrogen-bond donors (Lipinski definition) is 1. The largest absolute Gasteiger partial charge is 0.330 e. The highest BCUT2D eigenvalue weighted by atomic mass is 35.5. The summed E-state index contributed by atoms with van der Waals surface area (Å²) in [5.74, 6) is -0.322. The quantitative estimate of drug-likeness (QED) is 0.840. The van der Waals surface area contributed by atoms with E-state index in [4.69, 9.17) is 17.3 Å². The smallest absolute Gasteiger partial charge is 0.145 e. The number of halogens is 2. The molecule has 4 heteroatoms. The van der Waals surface area contributed by atoms with Crippen LogP contribution in [0.2, 0.25) is 5.02 Å². The lowest BCUT2D eigenvalue weighted by molar-refractivity contribution is -0.128. The molecule has 2 rings (SSSR count). The van der Waals surface area contributed by atoms with Gasteiger partial charge >= 0.3 is 0 Å². The van der Waals surface area contributed by atoms with Crippen LogP contribution in [0.5, 0.6) is 0 Å². The van der Waals surface area contributed by atoms with Crippen molar-refractivity contribution in [3.05, 3.63) is 34.6 Å². The maximum Gasteiger partial charge on any atom is 0.145 e. The van der Waals surface area contributed by atoms with E-state index < -0.39 is 11.2 Å². The van der Waals surface area contributed by atoms with Crippen LogP contribution in [-0.2, 0) is 10.2 Å². The van der Waals surface area contributed by atoms with Crippen LogP contribution in [0.15, 0.2) is 18.2 Å². The molecule has 0 atom stereocenters. The summed E-state index contributed by atoms with van der Waals surface area (Å²) in [7, 11) is 0. The van der Waals surface area contributed by atoms with Gasteiger partial charge in [-0.05, 0) is 11.6 Å². The van der Waals surface area contributed by atoms with Gasteiger partial charge in [-0.3, -0.25) is 4.79 Å². The van der Waals surface area contributed by atoms with Crippen LogP contribution in [0.1, 0.15) is 18.4 Å². The van der Waals surface area contributed by atoms with Crippen LogP contribution in [0.3, 0.4) is 0 Å². The monoisotopic (exact) mass is 227 g/mol. The number of rotatable bonds is 2. The lowest BCUT2D eigenvalue weighted by atomic mass is 9.63. The van der Waals surface area contributed by atoms with Gasteiger partial charge in [0, 0.05) is 24.8 Å². The van der Waals surface area contributed by atoms with Crippen molar-refractivity contribution in [1.82, 2.24) is 0 Å². The molecule has 2 N–H and O–H groups in total. The lowest BCUT2D eigenvalue weighted by Crippen LogP contribution is -2.48. The van der Waals surface area contributed by atoms with Gasteiger partial charge in [0.15, 0.2) is 0 Å². The summed E-state index contributed by atoms with van der Waals surface area (Å²) < 4.78 is 13.7. The van der Waals surface area contributed by atoms with Crippen molar-refractivity contribution >= 4 is 17.4 Å². The molecule has 1 aliphatic rings. The Morgan fingerprint density at radius 1 is 1.47 bits per heavy atom. The lowest BCUT2D eigenvalue weighted by Gasteiger charge is -2.40. The number of hydrogen-bond acceptors (Lipinski definition) is 2. The topological polar surface area (TPSA) is 43.1 Å². The zero-order valence-electron chi connectivity index (χ0n) is 8.09. The first-order valence-corrected chi connectivity index (χ1v) is 5.13. The molecule has 0 heterocycles. The second-order valence-corrected chi connectivity index (χ2v) is 4.39. The Balaban J connectivity index is 2.44. The fraction of sp³-hybridized carbons (Fsp3) is 0.364. The number of ketones is 1. The van der Waals surface area contributed by atoms with E-state index in [0.29, 0.717) is 18.4 Å². The summed E-state index contributed by atoms with van der Waals surface area (Å²) in [6.07, 6.45) is 0.640. The zero-order valence-corrected chi connectivity index (χ0v) is 8.85. The van der Waals surface area contributed by atoms with Gasteiger partial charge < -0.3 is 5.73 Å². The Labute approximate surface area is 92.2 Å². The van der Waals surface area contributed by atoms with Gasteiger partial charge in [-0.2, -0.15) is 0 Å². The van der Waals surface area contributed by atoms with Gasteiger partial charge in [0.25, 0.3) is 0 Å². The van der Waals surface area contributed by atoms with Gasteiger partial charge in [-0.25, -0.2) is 4.39 Å². The van der Waals surface area contributed by atoms with Crippen molar-refractivity contribution in [2.24, 2.45) is 5.73 Å². The van der Waals surface area contributed by atoms with Crippen molar-refractivity contribution in [2.75, 3.05) is 6.54 Å². The summed E-state index contributed by atoms with van der Waals surface area (Å²) in [4.78, 5) is 11.0. The standard InChI is InChI=1S/C11H11ClFNO/c12-9-3-1-2-8(10(9)13)11(6-14)4-7(15)5-11/h1-3H,4-6,14H2. The molecule has 1 saturated carbocycles. The molecule has 0 saturated heterocycles. The van der Waals surface area contributed by atoms with E-state index in [-0.39, 0.29) is 17.4 Å². The Morgan fingerprint density at radius 3 is 2.67 bits per heavy atom. The molecule has 0 radical (unpaired) electrons. The normalized spacial score (nSPS) is 18.7. The van der Waals surface area contributed by atoms with Crippen molar-refractivity contribution in [1.29, 1.82) is 0 Å². The minimum atomic E-state index is -0.522. The number of nitrogens with two attached hydrogens (primary N) is 1. The molecule has 1 aromatic rings. The highest BCUT2D eigenvalue weighted by molar-refractivity contribution is 6.30. The minimum absolute atomic E-state index is 0.0830. The average Bonchev–Trinajstić information content (AvgIpc) is 2.17. The fourth-order valence-corrected chi connectivity index (χ4v) is 2.24. The number of carbonyl (C=O) groups is 1. The van der Waals surface area contributed by atoms with E-state index in [1.807, 2.05) is 0 Å². The zero-order chi connectivity index (χ0) is 11.1. The molecule has 0 aromatic heterocycles. The first-order chi connectivity index (χ1) is 7.09. The van der Waals surface area contributed by atoms with Crippen LogP contribution in [0, 0.1) is 5.82 Å². The number of benzene rings is 1. The van der Waals surface area contributed by atoms with Crippen LogP contribution in [-0.4, -0.2) is 12.3 Å². The molecule has 1 fully saturated rings. The van der Waals surface area contributed by atoms with Crippen molar-refractivity contribution in [2.45, 2.75) is 18.3 Å². The van der Waals surface area contributed by atoms with Crippen LogP contribution in [0.25, 0.3) is 0 Å². The van der Waals surface area contributed by atoms with Crippen LogP contribution >= 0.6 is 11.6 Å². The SMILES string of the molecule is NCC1(c2cccc(Cl)c2F)CC(=O)C1. The molecule has 1 aliphatic carbocycles. The van der Waals surface area contributed by atoms with Gasteiger partial charge in [-0.15, -0.1) is 0 Å². The minimum Gasteiger partial charge on any atom is -0.330 e. The van der Waals surface area contributed by atoms with E-state index in [1.165, 1.54) is 6.07 Å². The predicted octanol–water partition coefficient (Wildman–Crippen LogP) is 2.04. The van der Waals surface area contributed by atoms with E-state index >= 15 is 0 Å². The summed E-state index contributed by atoms with van der Waals surface area (Å²) in [6.45, 7) is 0.274. The second kappa shape index (κ2) is 3.58. The number of carbonyl (C=O) groups excluding carboxylic acids is 1. The highest BCUT2D eigenvalue weighted by Crippen LogP contribution is 2.42. The first-order valence-electron chi connectivity index (χ1n) is 4.75. The summed E-state index contributed by atoms with van der Waals surface area (Å²) in [6, 6.07) is 4.83. The highest BCUT2D eigenvalue weighted by Gasteiger charge is 2.45. The molecule has 0 spiro atoms. The van der Waals surface area contributed by atoms with Gasteiger partial charge in [0.05, 0.1) is 5.02 Å². The molecule has 1 aromatic carbocycles. The van der Waals surface area contributed by atoms with E-state index in [2.05, 4.69) is 0 Å². The number of Topliss-reactive ketones (excluding diaryl/α,β-unsaturated/α-hetero) is 1. The van der Waals surface area contributed by atoms with Gasteiger partial charge in [0.1, 0.15) is 11.6 Å². The molecule has 0 unspecified atom stereocenters. The maximum atomic E-state index is 13.7. The molecule has 0 amide bonds.